The van der Waals surface area contributed by atoms with Gasteiger partial charge in [-0.25, -0.2) is 4.79 Å². The van der Waals surface area contributed by atoms with Gasteiger partial charge in [0.2, 0.25) is 0 Å². The Morgan fingerprint density at radius 1 is 0.737 bits per heavy atom. The maximum atomic E-state index is 13.3. The van der Waals surface area contributed by atoms with E-state index in [4.69, 9.17) is 9.84 Å². The van der Waals surface area contributed by atoms with Crippen LogP contribution in [0.5, 0.6) is 5.75 Å². The maximum absolute atomic E-state index is 13.3. The summed E-state index contributed by atoms with van der Waals surface area (Å²) in [7, 11) is 0. The number of aromatic carboxylic acids is 1. The summed E-state index contributed by atoms with van der Waals surface area (Å²) in [5.41, 5.74) is 2.92. The number of hydrogen-bond donors (Lipinski definition) is 2. The molecular weight excluding hydrogens is 474 g/mol. The second kappa shape index (κ2) is 14.4. The number of carbonyl (C=O) groups excluding carboxylic acids is 1. The molecule has 2 N–H and O–H groups in total. The van der Waals surface area contributed by atoms with Gasteiger partial charge in [0.25, 0.3) is 5.91 Å². The highest BCUT2D eigenvalue weighted by atomic mass is 16.5. The highest BCUT2D eigenvalue weighted by Gasteiger charge is 2.29. The molecule has 0 spiro atoms. The van der Waals surface area contributed by atoms with Crippen molar-refractivity contribution in [2.75, 3.05) is 11.9 Å². The first-order chi connectivity index (χ1) is 17.8. The summed E-state index contributed by atoms with van der Waals surface area (Å²) >= 11 is 0. The van der Waals surface area contributed by atoms with E-state index in [0.717, 1.165) is 23.3 Å². The van der Waals surface area contributed by atoms with Crippen molar-refractivity contribution in [1.82, 2.24) is 0 Å². The fourth-order valence-corrected chi connectivity index (χ4v) is 4.52. The van der Waals surface area contributed by atoms with E-state index in [1.54, 1.807) is 12.1 Å². The number of amides is 1. The number of carboxylic acid groups (broad SMARTS) is 1. The van der Waals surface area contributed by atoms with Gasteiger partial charge in [-0.15, -0.1) is 0 Å². The number of ether oxygens (including phenoxy) is 1. The molecule has 2 aromatic rings. The zero-order valence-corrected chi connectivity index (χ0v) is 24.7. The molecule has 0 atom stereocenters. The second-order valence-corrected chi connectivity index (χ2v) is 12.4. The Morgan fingerprint density at radius 2 is 1.21 bits per heavy atom. The van der Waals surface area contributed by atoms with E-state index >= 15 is 0 Å². The van der Waals surface area contributed by atoms with Crippen LogP contribution in [0.25, 0.3) is 0 Å². The van der Waals surface area contributed by atoms with Gasteiger partial charge in [-0.05, 0) is 53.6 Å². The highest BCUT2D eigenvalue weighted by Crippen LogP contribution is 2.41. The number of rotatable bonds is 14. The Labute approximate surface area is 230 Å². The quantitative estimate of drug-likeness (QED) is 0.242. The van der Waals surface area contributed by atoms with Gasteiger partial charge in [-0.3, -0.25) is 4.79 Å². The molecule has 210 valence electrons. The molecule has 0 bridgehead atoms. The fourth-order valence-electron chi connectivity index (χ4n) is 4.52. The minimum Gasteiger partial charge on any atom is -0.493 e. The molecule has 0 aliphatic rings. The highest BCUT2D eigenvalue weighted by molar-refractivity contribution is 6.05. The zero-order chi connectivity index (χ0) is 28.3. The predicted octanol–water partition coefficient (Wildman–Crippen LogP) is 9.14. The molecule has 0 radical (unpaired) electrons. The number of hydrogen-bond acceptors (Lipinski definition) is 3. The van der Waals surface area contributed by atoms with Crippen LogP contribution in [-0.4, -0.2) is 23.6 Å². The minimum atomic E-state index is -0.995. The molecule has 38 heavy (non-hydrogen) atoms. The summed E-state index contributed by atoms with van der Waals surface area (Å²) < 4.78 is 6.48. The summed E-state index contributed by atoms with van der Waals surface area (Å²) in [6.45, 7) is 15.8. The molecule has 5 heteroatoms. The Hall–Kier alpha value is -2.82. The fraction of sp³-hybridized carbons (Fsp3) is 0.576. The average Bonchev–Trinajstić information content (AvgIpc) is 2.84. The van der Waals surface area contributed by atoms with Crippen LogP contribution < -0.4 is 10.1 Å². The maximum Gasteiger partial charge on any atom is 0.335 e. The largest absolute Gasteiger partial charge is 0.493 e. The van der Waals surface area contributed by atoms with Crippen molar-refractivity contribution in [2.45, 2.75) is 117 Å². The molecule has 1 amide bonds. The second-order valence-electron chi connectivity index (χ2n) is 12.4. The van der Waals surface area contributed by atoms with Gasteiger partial charge >= 0.3 is 5.97 Å². The molecule has 5 nitrogen and oxygen atoms in total. The lowest BCUT2D eigenvalue weighted by atomic mass is 9.78. The molecule has 0 aliphatic carbocycles. The third kappa shape index (κ3) is 9.81. The lowest BCUT2D eigenvalue weighted by Crippen LogP contribution is -2.23. The van der Waals surface area contributed by atoms with E-state index in [1.807, 2.05) is 12.1 Å². The van der Waals surface area contributed by atoms with Gasteiger partial charge in [-0.2, -0.15) is 0 Å². The van der Waals surface area contributed by atoms with Crippen LogP contribution in [0.2, 0.25) is 0 Å². The standard InChI is InChI=1S/C33H49NO4/c1-8-9-10-11-12-13-14-15-16-21-38-29-27(32(2,3)4)22-25(23-28(29)33(5,6)7)30(35)34-26-19-17-24(18-20-26)31(36)37/h17-20,22-23H,8-16,21H2,1-7H3,(H,34,35)(H,36,37). The third-order valence-corrected chi connectivity index (χ3v) is 6.85. The van der Waals surface area contributed by atoms with Crippen LogP contribution in [0.15, 0.2) is 36.4 Å². The number of anilines is 1. The number of carbonyl (C=O) groups is 2. The van der Waals surface area contributed by atoms with Crippen molar-refractivity contribution < 1.29 is 19.4 Å². The van der Waals surface area contributed by atoms with Crippen molar-refractivity contribution in [3.63, 3.8) is 0 Å². The SMILES string of the molecule is CCCCCCCCCCCOc1c(C(C)(C)C)cc(C(=O)Nc2ccc(C(=O)O)cc2)cc1C(C)(C)C. The Bertz CT molecular complexity index is 1010. The van der Waals surface area contributed by atoms with Crippen LogP contribution in [0.1, 0.15) is 138 Å². The molecule has 0 aliphatic heterocycles. The van der Waals surface area contributed by atoms with Crippen LogP contribution >= 0.6 is 0 Å². The van der Waals surface area contributed by atoms with E-state index in [1.165, 1.54) is 63.5 Å². The van der Waals surface area contributed by atoms with E-state index in [0.29, 0.717) is 17.9 Å². The molecule has 0 fully saturated rings. The zero-order valence-electron chi connectivity index (χ0n) is 24.7. The molecule has 0 saturated heterocycles. The number of nitrogens with one attached hydrogen (secondary N) is 1. The summed E-state index contributed by atoms with van der Waals surface area (Å²) in [5, 5.41) is 12.0. The van der Waals surface area contributed by atoms with Gasteiger partial charge in [-0.1, -0.05) is 99.8 Å². The molecular formula is C33H49NO4. The van der Waals surface area contributed by atoms with Gasteiger partial charge in [0.1, 0.15) is 5.75 Å². The first kappa shape index (κ1) is 31.4. The van der Waals surface area contributed by atoms with Gasteiger partial charge in [0.15, 0.2) is 0 Å². The van der Waals surface area contributed by atoms with Crippen molar-refractivity contribution in [3.8, 4) is 5.75 Å². The number of benzene rings is 2. The van der Waals surface area contributed by atoms with E-state index < -0.39 is 5.97 Å². The molecule has 0 unspecified atom stereocenters. The number of carboxylic acids is 1. The molecule has 2 aromatic carbocycles. The predicted molar refractivity (Wildman–Crippen MR) is 158 cm³/mol. The Morgan fingerprint density at radius 3 is 1.66 bits per heavy atom. The summed E-state index contributed by atoms with van der Waals surface area (Å²) in [5.74, 6) is -0.327. The Kier molecular flexibility index (Phi) is 11.9. The summed E-state index contributed by atoms with van der Waals surface area (Å²) in [6.07, 6.45) is 11.4. The summed E-state index contributed by atoms with van der Waals surface area (Å²) in [4.78, 5) is 24.4. The molecule has 0 saturated carbocycles. The topological polar surface area (TPSA) is 75.6 Å². The van der Waals surface area contributed by atoms with Gasteiger partial charge in [0.05, 0.1) is 12.2 Å². The first-order valence-corrected chi connectivity index (χ1v) is 14.3. The van der Waals surface area contributed by atoms with Gasteiger partial charge < -0.3 is 15.2 Å². The van der Waals surface area contributed by atoms with Crippen molar-refractivity contribution in [1.29, 1.82) is 0 Å². The number of unbranched alkanes of at least 4 members (excludes halogenated alkanes) is 8. The van der Waals surface area contributed by atoms with E-state index in [2.05, 4.69) is 53.8 Å². The van der Waals surface area contributed by atoms with Gasteiger partial charge in [0, 0.05) is 22.4 Å². The first-order valence-electron chi connectivity index (χ1n) is 14.3. The smallest absolute Gasteiger partial charge is 0.335 e. The van der Waals surface area contributed by atoms with Crippen molar-refractivity contribution in [3.05, 3.63) is 58.7 Å². The lowest BCUT2D eigenvalue weighted by Gasteiger charge is -2.30. The van der Waals surface area contributed by atoms with Crippen molar-refractivity contribution in [2.24, 2.45) is 0 Å². The molecule has 0 aromatic heterocycles. The van der Waals surface area contributed by atoms with Crippen LogP contribution in [0.4, 0.5) is 5.69 Å². The van der Waals surface area contributed by atoms with E-state index in [9.17, 15) is 9.59 Å². The van der Waals surface area contributed by atoms with Crippen LogP contribution in [0.3, 0.4) is 0 Å². The van der Waals surface area contributed by atoms with E-state index in [-0.39, 0.29) is 22.3 Å². The van der Waals surface area contributed by atoms with Crippen LogP contribution in [-0.2, 0) is 10.8 Å². The molecule has 0 heterocycles. The molecule has 2 rings (SSSR count). The third-order valence-electron chi connectivity index (χ3n) is 6.85. The lowest BCUT2D eigenvalue weighted by molar-refractivity contribution is 0.0696. The van der Waals surface area contributed by atoms with Crippen LogP contribution in [0, 0.1) is 0 Å². The summed E-state index contributed by atoms with van der Waals surface area (Å²) in [6, 6.07) is 10.1. The van der Waals surface area contributed by atoms with Crippen molar-refractivity contribution >= 4 is 17.6 Å². The average molecular weight is 524 g/mol. The Balaban J connectivity index is 2.17. The normalized spacial score (nSPS) is 11.9. The minimum absolute atomic E-state index is 0.182. The monoisotopic (exact) mass is 523 g/mol.